The van der Waals surface area contributed by atoms with Gasteiger partial charge in [-0.15, -0.1) is 6.58 Å². The molecule has 4 rings (SSSR count). The third-order valence-electron chi connectivity index (χ3n) is 5.69. The number of carbonyl (C=O) groups excluding carboxylic acids is 1. The number of carbonyl (C=O) groups is 1. The van der Waals surface area contributed by atoms with Crippen LogP contribution in [0.15, 0.2) is 43.0 Å². The normalized spacial score (nSPS) is 15.1. The summed E-state index contributed by atoms with van der Waals surface area (Å²) in [6.07, 6.45) is 1.70. The molecule has 2 N–H and O–H groups in total. The summed E-state index contributed by atoms with van der Waals surface area (Å²) in [5.74, 6) is 1.19. The van der Waals surface area contributed by atoms with Crippen LogP contribution in [0.25, 0.3) is 11.3 Å². The van der Waals surface area contributed by atoms with Gasteiger partial charge < -0.3 is 19.5 Å². The molecule has 1 aliphatic heterocycles. The number of H-pyrrole nitrogens is 1. The van der Waals surface area contributed by atoms with Gasteiger partial charge in [-0.05, 0) is 55.7 Å². The smallest absolute Gasteiger partial charge is 0.273 e. The van der Waals surface area contributed by atoms with Gasteiger partial charge in [-0.2, -0.15) is 5.10 Å². The average molecular weight is 434 g/mol. The summed E-state index contributed by atoms with van der Waals surface area (Å²) in [5.41, 5.74) is 5.01. The Morgan fingerprint density at radius 3 is 2.69 bits per heavy atom. The summed E-state index contributed by atoms with van der Waals surface area (Å²) < 4.78 is 11.2. The molecule has 1 amide bonds. The number of hydrogen-bond donors (Lipinski definition) is 2. The first kappa shape index (κ1) is 21.5. The molecule has 32 heavy (non-hydrogen) atoms. The summed E-state index contributed by atoms with van der Waals surface area (Å²) in [5, 5.41) is 18.1. The number of amides is 1. The lowest BCUT2D eigenvalue weighted by Gasteiger charge is -2.26. The monoisotopic (exact) mass is 433 g/mol. The van der Waals surface area contributed by atoms with E-state index < -0.39 is 6.04 Å². The SMILES string of the molecule is C=CCN1C(=O)c2[nH]nc(-c3c(C)cc(C)cc3O)c2[C@@H]1c1ccc(OCC)c(OC)c1. The number of aromatic hydroxyl groups is 1. The summed E-state index contributed by atoms with van der Waals surface area (Å²) in [7, 11) is 1.59. The first-order valence-corrected chi connectivity index (χ1v) is 10.5. The number of phenolic OH excluding ortho intramolecular Hbond substituents is 1. The molecule has 3 aromatic rings. The molecule has 0 radical (unpaired) electrons. The molecule has 2 heterocycles. The maximum atomic E-state index is 13.3. The first-order valence-electron chi connectivity index (χ1n) is 10.5. The lowest BCUT2D eigenvalue weighted by atomic mass is 9.93. The molecule has 0 saturated heterocycles. The van der Waals surface area contributed by atoms with Crippen molar-refractivity contribution in [1.29, 1.82) is 0 Å². The minimum atomic E-state index is -0.422. The van der Waals surface area contributed by atoms with Crippen LogP contribution < -0.4 is 9.47 Å². The van der Waals surface area contributed by atoms with Crippen molar-refractivity contribution in [3.8, 4) is 28.5 Å². The van der Waals surface area contributed by atoms with Crippen molar-refractivity contribution in [3.05, 3.63) is 70.9 Å². The molecular formula is C25H27N3O4. The molecule has 0 fully saturated rings. The van der Waals surface area contributed by atoms with Gasteiger partial charge in [0, 0.05) is 17.7 Å². The number of ether oxygens (including phenoxy) is 2. The topological polar surface area (TPSA) is 87.7 Å². The number of aromatic amines is 1. The van der Waals surface area contributed by atoms with Gasteiger partial charge in [0.2, 0.25) is 0 Å². The second-order valence-electron chi connectivity index (χ2n) is 7.83. The number of aryl methyl sites for hydroxylation is 2. The number of nitrogens with one attached hydrogen (secondary N) is 1. The van der Waals surface area contributed by atoms with Gasteiger partial charge >= 0.3 is 0 Å². The van der Waals surface area contributed by atoms with Crippen LogP contribution in [0.5, 0.6) is 17.2 Å². The van der Waals surface area contributed by atoms with Crippen molar-refractivity contribution in [1.82, 2.24) is 15.1 Å². The molecule has 7 nitrogen and oxygen atoms in total. The molecule has 0 bridgehead atoms. The Balaban J connectivity index is 1.93. The molecule has 0 unspecified atom stereocenters. The predicted octanol–water partition coefficient (Wildman–Crippen LogP) is 4.54. The van der Waals surface area contributed by atoms with Gasteiger partial charge in [-0.25, -0.2) is 0 Å². The van der Waals surface area contributed by atoms with Crippen LogP contribution >= 0.6 is 0 Å². The molecule has 1 aromatic heterocycles. The maximum Gasteiger partial charge on any atom is 0.273 e. The van der Waals surface area contributed by atoms with E-state index in [-0.39, 0.29) is 11.7 Å². The van der Waals surface area contributed by atoms with Gasteiger partial charge in [0.1, 0.15) is 17.1 Å². The Morgan fingerprint density at radius 2 is 2.03 bits per heavy atom. The van der Waals surface area contributed by atoms with E-state index in [0.29, 0.717) is 41.6 Å². The van der Waals surface area contributed by atoms with Crippen LogP contribution in [0.2, 0.25) is 0 Å². The number of nitrogens with zero attached hydrogens (tertiary/aromatic N) is 2. The van der Waals surface area contributed by atoms with E-state index in [1.807, 2.05) is 45.0 Å². The summed E-state index contributed by atoms with van der Waals surface area (Å²) in [6.45, 7) is 10.5. The van der Waals surface area contributed by atoms with Crippen molar-refractivity contribution >= 4 is 5.91 Å². The lowest BCUT2D eigenvalue weighted by molar-refractivity contribution is 0.0764. The fraction of sp³-hybridized carbons (Fsp3) is 0.280. The summed E-state index contributed by atoms with van der Waals surface area (Å²) in [6, 6.07) is 8.93. The van der Waals surface area contributed by atoms with E-state index in [9.17, 15) is 9.90 Å². The Kier molecular flexibility index (Phi) is 5.65. The molecule has 1 atom stereocenters. The van der Waals surface area contributed by atoms with Gasteiger partial charge in [-0.3, -0.25) is 9.89 Å². The number of rotatable bonds is 7. The summed E-state index contributed by atoms with van der Waals surface area (Å²) >= 11 is 0. The molecule has 0 aliphatic carbocycles. The second kappa shape index (κ2) is 8.42. The molecule has 7 heteroatoms. The Bertz CT molecular complexity index is 1170. The Morgan fingerprint density at radius 1 is 1.25 bits per heavy atom. The minimum Gasteiger partial charge on any atom is -0.507 e. The third-order valence-corrected chi connectivity index (χ3v) is 5.69. The molecule has 2 aromatic carbocycles. The molecule has 0 saturated carbocycles. The number of benzene rings is 2. The molecular weight excluding hydrogens is 406 g/mol. The number of hydrogen-bond acceptors (Lipinski definition) is 5. The third kappa shape index (κ3) is 3.39. The lowest BCUT2D eigenvalue weighted by Crippen LogP contribution is -2.29. The van der Waals surface area contributed by atoms with Crippen LogP contribution in [0.4, 0.5) is 0 Å². The molecule has 0 spiro atoms. The zero-order chi connectivity index (χ0) is 23.0. The van der Waals surface area contributed by atoms with Crippen LogP contribution in [0.3, 0.4) is 0 Å². The Labute approximate surface area is 187 Å². The fourth-order valence-corrected chi connectivity index (χ4v) is 4.44. The van der Waals surface area contributed by atoms with Crippen LogP contribution in [-0.2, 0) is 0 Å². The Hall–Kier alpha value is -3.74. The van der Waals surface area contributed by atoms with Crippen LogP contribution in [0.1, 0.15) is 45.7 Å². The van der Waals surface area contributed by atoms with Crippen molar-refractivity contribution in [2.24, 2.45) is 0 Å². The quantitative estimate of drug-likeness (QED) is 0.534. The van der Waals surface area contributed by atoms with Gasteiger partial charge in [0.05, 0.1) is 19.8 Å². The van der Waals surface area contributed by atoms with E-state index in [1.165, 1.54) is 0 Å². The van der Waals surface area contributed by atoms with Crippen LogP contribution in [-0.4, -0.2) is 46.4 Å². The van der Waals surface area contributed by atoms with Crippen molar-refractivity contribution in [3.63, 3.8) is 0 Å². The zero-order valence-corrected chi connectivity index (χ0v) is 18.7. The number of fused-ring (bicyclic) bond motifs is 1. The predicted molar refractivity (Wildman–Crippen MR) is 122 cm³/mol. The highest BCUT2D eigenvalue weighted by molar-refractivity contribution is 6.00. The highest BCUT2D eigenvalue weighted by atomic mass is 16.5. The van der Waals surface area contributed by atoms with Crippen molar-refractivity contribution < 1.29 is 19.4 Å². The van der Waals surface area contributed by atoms with E-state index in [1.54, 1.807) is 24.2 Å². The number of aromatic nitrogens is 2. The molecule has 166 valence electrons. The minimum absolute atomic E-state index is 0.134. The summed E-state index contributed by atoms with van der Waals surface area (Å²) in [4.78, 5) is 15.0. The van der Waals surface area contributed by atoms with Gasteiger partial charge in [-0.1, -0.05) is 18.2 Å². The maximum absolute atomic E-state index is 13.3. The fourth-order valence-electron chi connectivity index (χ4n) is 4.44. The van der Waals surface area contributed by atoms with E-state index >= 15 is 0 Å². The van der Waals surface area contributed by atoms with Crippen LogP contribution in [0, 0.1) is 13.8 Å². The highest BCUT2D eigenvalue weighted by Gasteiger charge is 2.42. The van der Waals surface area contributed by atoms with E-state index in [4.69, 9.17) is 9.47 Å². The van der Waals surface area contributed by atoms with Crippen molar-refractivity contribution in [2.75, 3.05) is 20.3 Å². The largest absolute Gasteiger partial charge is 0.507 e. The standard InChI is InChI=1S/C25H27N3O4/c1-6-10-28-24(16-8-9-18(32-7-2)19(13-16)31-5)21-22(26-27-23(21)25(28)30)20-15(4)11-14(3)12-17(20)29/h6,8-9,11-13,24,29H,1,7,10H2,2-5H3,(H,26,27)/t24-/m0/s1. The van der Waals surface area contributed by atoms with Crippen molar-refractivity contribution in [2.45, 2.75) is 26.8 Å². The first-order chi connectivity index (χ1) is 15.4. The highest BCUT2D eigenvalue weighted by Crippen LogP contribution is 2.46. The van der Waals surface area contributed by atoms with E-state index in [2.05, 4.69) is 16.8 Å². The number of phenols is 1. The zero-order valence-electron chi connectivity index (χ0n) is 18.7. The van der Waals surface area contributed by atoms with Gasteiger partial charge in [0.15, 0.2) is 11.5 Å². The van der Waals surface area contributed by atoms with E-state index in [0.717, 1.165) is 22.3 Å². The number of methoxy groups -OCH3 is 1. The van der Waals surface area contributed by atoms with Gasteiger partial charge in [0.25, 0.3) is 5.91 Å². The molecule has 1 aliphatic rings. The average Bonchev–Trinajstić information content (AvgIpc) is 3.28. The second-order valence-corrected chi connectivity index (χ2v) is 7.83.